The number of rotatable bonds is 4. The van der Waals surface area contributed by atoms with Gasteiger partial charge in [-0.2, -0.15) is 0 Å². The second kappa shape index (κ2) is 7.63. The van der Waals surface area contributed by atoms with Crippen molar-refractivity contribution < 1.29 is 4.74 Å². The SMILES string of the molecule is c1ccc(-c2ccc(Oc3nc4ccccc4n4c(-c5ccccc5)nnc34)cc2)cc1. The number of para-hydroxylation sites is 2. The van der Waals surface area contributed by atoms with Gasteiger partial charge in [-0.1, -0.05) is 84.9 Å². The summed E-state index contributed by atoms with van der Waals surface area (Å²) in [4.78, 5) is 4.74. The summed E-state index contributed by atoms with van der Waals surface area (Å²) in [5.74, 6) is 1.87. The third-order valence-corrected chi connectivity index (χ3v) is 5.41. The van der Waals surface area contributed by atoms with E-state index in [0.29, 0.717) is 17.3 Å². The number of hydrogen-bond donors (Lipinski definition) is 0. The first-order valence-electron chi connectivity index (χ1n) is 10.4. The molecule has 2 heterocycles. The Hall–Kier alpha value is -4.51. The van der Waals surface area contributed by atoms with Crippen LogP contribution in [-0.2, 0) is 0 Å². The zero-order chi connectivity index (χ0) is 21.3. The van der Waals surface area contributed by atoms with Gasteiger partial charge in [0.15, 0.2) is 5.82 Å². The van der Waals surface area contributed by atoms with Crippen LogP contribution < -0.4 is 4.74 Å². The van der Waals surface area contributed by atoms with Crippen LogP contribution in [0.1, 0.15) is 0 Å². The third-order valence-electron chi connectivity index (χ3n) is 5.41. The quantitative estimate of drug-likeness (QED) is 0.335. The Balaban J connectivity index is 1.46. The van der Waals surface area contributed by atoms with Crippen molar-refractivity contribution in [3.8, 4) is 34.1 Å². The van der Waals surface area contributed by atoms with Crippen molar-refractivity contribution in [2.45, 2.75) is 0 Å². The summed E-state index contributed by atoms with van der Waals surface area (Å²) in [6.45, 7) is 0. The van der Waals surface area contributed by atoms with Crippen LogP contribution >= 0.6 is 0 Å². The molecular weight excluding hydrogens is 396 g/mol. The Morgan fingerprint density at radius 1 is 0.562 bits per heavy atom. The zero-order valence-corrected chi connectivity index (χ0v) is 17.1. The van der Waals surface area contributed by atoms with E-state index in [0.717, 1.165) is 33.5 Å². The molecule has 2 aromatic heterocycles. The van der Waals surface area contributed by atoms with Crippen LogP contribution in [0.3, 0.4) is 0 Å². The highest BCUT2D eigenvalue weighted by Crippen LogP contribution is 2.31. The minimum atomic E-state index is 0.422. The van der Waals surface area contributed by atoms with Crippen molar-refractivity contribution in [2.24, 2.45) is 0 Å². The predicted octanol–water partition coefficient (Wildman–Crippen LogP) is 6.40. The maximum atomic E-state index is 6.21. The van der Waals surface area contributed by atoms with E-state index in [1.54, 1.807) is 0 Å². The van der Waals surface area contributed by atoms with Crippen LogP contribution in [-0.4, -0.2) is 19.6 Å². The van der Waals surface area contributed by atoms with Crippen molar-refractivity contribution in [2.75, 3.05) is 0 Å². The van der Waals surface area contributed by atoms with Gasteiger partial charge in [-0.05, 0) is 35.4 Å². The summed E-state index contributed by atoms with van der Waals surface area (Å²) < 4.78 is 8.21. The first-order chi connectivity index (χ1) is 15.9. The molecule has 0 amide bonds. The number of ether oxygens (including phenoxy) is 1. The van der Waals surface area contributed by atoms with Gasteiger partial charge < -0.3 is 4.74 Å². The molecule has 0 aliphatic carbocycles. The summed E-state index contributed by atoms with van der Waals surface area (Å²) in [6.07, 6.45) is 0. The van der Waals surface area contributed by atoms with E-state index in [4.69, 9.17) is 9.72 Å². The third kappa shape index (κ3) is 3.17. The van der Waals surface area contributed by atoms with Crippen molar-refractivity contribution >= 4 is 16.7 Å². The van der Waals surface area contributed by atoms with Crippen LogP contribution in [0.5, 0.6) is 11.6 Å². The molecule has 4 aromatic carbocycles. The van der Waals surface area contributed by atoms with Crippen LogP contribution in [0.25, 0.3) is 39.2 Å². The Bertz CT molecular complexity index is 1530. The number of hydrogen-bond acceptors (Lipinski definition) is 4. The fourth-order valence-corrected chi connectivity index (χ4v) is 3.86. The first kappa shape index (κ1) is 18.3. The molecule has 5 heteroatoms. The van der Waals surface area contributed by atoms with Gasteiger partial charge in [-0.15, -0.1) is 10.2 Å². The number of aromatic nitrogens is 4. The van der Waals surface area contributed by atoms with E-state index < -0.39 is 0 Å². The van der Waals surface area contributed by atoms with E-state index >= 15 is 0 Å². The van der Waals surface area contributed by atoms with Crippen LogP contribution in [0.4, 0.5) is 0 Å². The van der Waals surface area contributed by atoms with Gasteiger partial charge in [0.25, 0.3) is 5.88 Å². The molecule has 32 heavy (non-hydrogen) atoms. The Kier molecular flexibility index (Phi) is 4.36. The standard InChI is InChI=1S/C27H18N4O/c1-3-9-19(10-4-1)20-15-17-22(18-16-20)32-27-26-30-29-25(21-11-5-2-6-12-21)31(26)24-14-8-7-13-23(24)28-27/h1-18H. The van der Waals surface area contributed by atoms with Crippen LogP contribution in [0.15, 0.2) is 109 Å². The lowest BCUT2D eigenvalue weighted by Gasteiger charge is -2.10. The largest absolute Gasteiger partial charge is 0.436 e. The summed E-state index contributed by atoms with van der Waals surface area (Å²) in [5.41, 5.74) is 5.59. The summed E-state index contributed by atoms with van der Waals surface area (Å²) >= 11 is 0. The van der Waals surface area contributed by atoms with Gasteiger partial charge in [0.05, 0.1) is 11.0 Å². The molecule has 0 radical (unpaired) electrons. The highest BCUT2D eigenvalue weighted by Gasteiger charge is 2.17. The normalized spacial score (nSPS) is 11.1. The van der Waals surface area contributed by atoms with E-state index in [1.807, 2.05) is 101 Å². The average molecular weight is 414 g/mol. The maximum Gasteiger partial charge on any atom is 0.266 e. The average Bonchev–Trinajstić information content (AvgIpc) is 3.32. The Morgan fingerprint density at radius 2 is 1.19 bits per heavy atom. The van der Waals surface area contributed by atoms with Crippen LogP contribution in [0.2, 0.25) is 0 Å². The highest BCUT2D eigenvalue weighted by atomic mass is 16.5. The molecule has 0 fully saturated rings. The van der Waals surface area contributed by atoms with E-state index in [9.17, 15) is 0 Å². The highest BCUT2D eigenvalue weighted by molar-refractivity contribution is 5.82. The molecule has 6 aromatic rings. The molecule has 0 aliphatic heterocycles. The zero-order valence-electron chi connectivity index (χ0n) is 17.1. The van der Waals surface area contributed by atoms with Gasteiger partial charge in [-0.3, -0.25) is 4.40 Å². The first-order valence-corrected chi connectivity index (χ1v) is 10.4. The fraction of sp³-hybridized carbons (Fsp3) is 0. The minimum Gasteiger partial charge on any atom is -0.436 e. The Morgan fingerprint density at radius 3 is 1.94 bits per heavy atom. The van der Waals surface area contributed by atoms with Crippen molar-refractivity contribution in [3.05, 3.63) is 109 Å². The number of fused-ring (bicyclic) bond motifs is 3. The molecule has 0 aliphatic rings. The van der Waals surface area contributed by atoms with Gasteiger partial charge in [0, 0.05) is 5.56 Å². The van der Waals surface area contributed by atoms with E-state index in [2.05, 4.69) is 22.3 Å². The fourth-order valence-electron chi connectivity index (χ4n) is 3.86. The lowest BCUT2D eigenvalue weighted by Crippen LogP contribution is -1.98. The van der Waals surface area contributed by atoms with E-state index in [-0.39, 0.29) is 0 Å². The molecule has 0 N–H and O–H groups in total. The van der Waals surface area contributed by atoms with Gasteiger partial charge in [-0.25, -0.2) is 4.98 Å². The summed E-state index contributed by atoms with van der Waals surface area (Å²) in [6, 6.07) is 36.2. The molecule has 0 saturated carbocycles. The summed E-state index contributed by atoms with van der Waals surface area (Å²) in [5, 5.41) is 8.90. The Labute approximate surface area is 184 Å². The van der Waals surface area contributed by atoms with Gasteiger partial charge in [0.1, 0.15) is 5.75 Å². The van der Waals surface area contributed by atoms with Crippen LogP contribution in [0, 0.1) is 0 Å². The lowest BCUT2D eigenvalue weighted by molar-refractivity contribution is 0.467. The molecule has 6 rings (SSSR count). The summed E-state index contributed by atoms with van der Waals surface area (Å²) in [7, 11) is 0. The van der Waals surface area contributed by atoms with E-state index in [1.165, 1.54) is 0 Å². The van der Waals surface area contributed by atoms with Crippen molar-refractivity contribution in [1.29, 1.82) is 0 Å². The van der Waals surface area contributed by atoms with Crippen molar-refractivity contribution in [3.63, 3.8) is 0 Å². The maximum absolute atomic E-state index is 6.21. The smallest absolute Gasteiger partial charge is 0.266 e. The molecule has 0 bridgehead atoms. The molecule has 0 unspecified atom stereocenters. The number of benzene rings is 4. The minimum absolute atomic E-state index is 0.422. The van der Waals surface area contributed by atoms with Gasteiger partial charge in [0.2, 0.25) is 5.65 Å². The molecule has 0 spiro atoms. The molecule has 5 nitrogen and oxygen atoms in total. The lowest BCUT2D eigenvalue weighted by atomic mass is 10.1. The van der Waals surface area contributed by atoms with Gasteiger partial charge >= 0.3 is 0 Å². The monoisotopic (exact) mass is 414 g/mol. The molecule has 152 valence electrons. The number of nitrogens with zero attached hydrogens (tertiary/aromatic N) is 4. The molecule has 0 atom stereocenters. The molecular formula is C27H18N4O. The van der Waals surface area contributed by atoms with Crippen molar-refractivity contribution in [1.82, 2.24) is 19.6 Å². The second-order valence-electron chi connectivity index (χ2n) is 7.45. The molecule has 0 saturated heterocycles. The second-order valence-corrected chi connectivity index (χ2v) is 7.45. The topological polar surface area (TPSA) is 52.3 Å². The predicted molar refractivity (Wildman–Crippen MR) is 126 cm³/mol.